The molecule has 0 aromatic heterocycles. The number of fused-ring (bicyclic) bond motifs is 1. The Hall–Kier alpha value is -2.24. The van der Waals surface area contributed by atoms with Gasteiger partial charge in [0, 0.05) is 18.7 Å². The number of ether oxygens (including phenoxy) is 1. The number of nitrogens with zero attached hydrogens (tertiary/aromatic N) is 1. The molecule has 0 radical (unpaired) electrons. The quantitative estimate of drug-likeness (QED) is 0.752. The fraction of sp³-hybridized carbons (Fsp3) is 0.385. The Morgan fingerprint density at radius 2 is 2.21 bits per heavy atom. The number of rotatable bonds is 1. The minimum Gasteiger partial charge on any atom is -0.491 e. The van der Waals surface area contributed by atoms with E-state index in [1.807, 2.05) is 24.3 Å². The zero-order valence-corrected chi connectivity index (χ0v) is 10.4. The highest BCUT2D eigenvalue weighted by Gasteiger charge is 2.31. The predicted octanol–water partition coefficient (Wildman–Crippen LogP) is 0.0890. The van der Waals surface area contributed by atoms with Gasteiger partial charge in [-0.05, 0) is 6.07 Å². The predicted molar refractivity (Wildman–Crippen MR) is 67.7 cm³/mol. The van der Waals surface area contributed by atoms with Gasteiger partial charge in [-0.15, -0.1) is 0 Å². The van der Waals surface area contributed by atoms with Gasteiger partial charge in [-0.25, -0.2) is 4.79 Å². The first kappa shape index (κ1) is 11.8. The standard InChI is InChI=1S/C13H15N3O3/c17-12(10-7-14-13(18)15-10)16-5-6-19-11-4-2-1-3-9(11)8-16/h1-4,10H,5-8H2,(H2,14,15,18). The van der Waals surface area contributed by atoms with E-state index in [-0.39, 0.29) is 11.9 Å². The maximum Gasteiger partial charge on any atom is 0.315 e. The molecule has 1 unspecified atom stereocenters. The molecule has 6 heteroatoms. The average molecular weight is 261 g/mol. The van der Waals surface area contributed by atoms with Crippen molar-refractivity contribution in [3.63, 3.8) is 0 Å². The normalized spacial score (nSPS) is 21.8. The second kappa shape index (κ2) is 4.79. The lowest BCUT2D eigenvalue weighted by molar-refractivity contribution is -0.133. The number of carbonyl (C=O) groups is 2. The van der Waals surface area contributed by atoms with E-state index in [0.29, 0.717) is 26.2 Å². The van der Waals surface area contributed by atoms with Crippen LogP contribution < -0.4 is 15.4 Å². The third kappa shape index (κ3) is 2.33. The van der Waals surface area contributed by atoms with Crippen LogP contribution in [0.2, 0.25) is 0 Å². The van der Waals surface area contributed by atoms with Gasteiger partial charge < -0.3 is 20.3 Å². The Balaban J connectivity index is 1.75. The van der Waals surface area contributed by atoms with Crippen LogP contribution in [0, 0.1) is 0 Å². The summed E-state index contributed by atoms with van der Waals surface area (Å²) in [7, 11) is 0. The summed E-state index contributed by atoms with van der Waals surface area (Å²) in [5, 5.41) is 5.21. The molecule has 1 aromatic carbocycles. The van der Waals surface area contributed by atoms with Gasteiger partial charge in [0.05, 0.1) is 6.54 Å². The monoisotopic (exact) mass is 261 g/mol. The van der Waals surface area contributed by atoms with E-state index in [9.17, 15) is 9.59 Å². The molecular formula is C13H15N3O3. The Morgan fingerprint density at radius 1 is 1.37 bits per heavy atom. The molecule has 0 spiro atoms. The highest BCUT2D eigenvalue weighted by Crippen LogP contribution is 2.22. The fourth-order valence-electron chi connectivity index (χ4n) is 2.34. The number of urea groups is 1. The Labute approximate surface area is 110 Å². The zero-order valence-electron chi connectivity index (χ0n) is 10.4. The summed E-state index contributed by atoms with van der Waals surface area (Å²) in [5.74, 6) is 0.755. The van der Waals surface area contributed by atoms with E-state index in [1.165, 1.54) is 0 Å². The van der Waals surface area contributed by atoms with Crippen molar-refractivity contribution in [2.45, 2.75) is 12.6 Å². The lowest BCUT2D eigenvalue weighted by Gasteiger charge is -2.22. The summed E-state index contributed by atoms with van der Waals surface area (Å²) >= 11 is 0. The van der Waals surface area contributed by atoms with Gasteiger partial charge in [-0.1, -0.05) is 18.2 Å². The molecule has 0 saturated carbocycles. The van der Waals surface area contributed by atoms with Crippen molar-refractivity contribution >= 4 is 11.9 Å². The Bertz CT molecular complexity index is 518. The van der Waals surface area contributed by atoms with Crippen molar-refractivity contribution < 1.29 is 14.3 Å². The zero-order chi connectivity index (χ0) is 13.2. The molecule has 19 heavy (non-hydrogen) atoms. The summed E-state index contributed by atoms with van der Waals surface area (Å²) < 4.78 is 5.62. The molecule has 2 aliphatic rings. The summed E-state index contributed by atoms with van der Waals surface area (Å²) in [6.07, 6.45) is 0. The largest absolute Gasteiger partial charge is 0.491 e. The number of amides is 3. The van der Waals surface area contributed by atoms with Crippen LogP contribution >= 0.6 is 0 Å². The second-order valence-corrected chi connectivity index (χ2v) is 4.62. The molecule has 0 bridgehead atoms. The summed E-state index contributed by atoms with van der Waals surface area (Å²) in [5.41, 5.74) is 0.991. The van der Waals surface area contributed by atoms with Crippen molar-refractivity contribution in [2.24, 2.45) is 0 Å². The van der Waals surface area contributed by atoms with Gasteiger partial charge >= 0.3 is 6.03 Å². The first-order valence-electron chi connectivity index (χ1n) is 6.28. The molecule has 1 saturated heterocycles. The number of para-hydroxylation sites is 1. The van der Waals surface area contributed by atoms with Gasteiger partial charge in [0.1, 0.15) is 18.4 Å². The minimum atomic E-state index is -0.474. The average Bonchev–Trinajstić information content (AvgIpc) is 2.74. The maximum absolute atomic E-state index is 12.3. The first-order valence-corrected chi connectivity index (χ1v) is 6.28. The lowest BCUT2D eigenvalue weighted by atomic mass is 10.1. The lowest BCUT2D eigenvalue weighted by Crippen LogP contribution is -2.46. The van der Waals surface area contributed by atoms with Crippen molar-refractivity contribution in [2.75, 3.05) is 19.7 Å². The van der Waals surface area contributed by atoms with Gasteiger partial charge in [-0.3, -0.25) is 4.79 Å². The molecule has 2 aliphatic heterocycles. The smallest absolute Gasteiger partial charge is 0.315 e. The summed E-state index contributed by atoms with van der Waals surface area (Å²) in [4.78, 5) is 25.1. The number of hydrogen-bond acceptors (Lipinski definition) is 3. The summed E-state index contributed by atoms with van der Waals surface area (Å²) in [6, 6.07) is 6.93. The van der Waals surface area contributed by atoms with Crippen molar-refractivity contribution in [3.8, 4) is 5.75 Å². The number of carbonyl (C=O) groups excluding carboxylic acids is 2. The molecule has 6 nitrogen and oxygen atoms in total. The van der Waals surface area contributed by atoms with Crippen molar-refractivity contribution in [1.82, 2.24) is 15.5 Å². The summed E-state index contributed by atoms with van der Waals surface area (Å²) in [6.45, 7) is 1.86. The van der Waals surface area contributed by atoms with Crippen molar-refractivity contribution in [3.05, 3.63) is 29.8 Å². The van der Waals surface area contributed by atoms with Crippen LogP contribution in [0.15, 0.2) is 24.3 Å². The molecule has 3 rings (SSSR count). The molecular weight excluding hydrogens is 246 g/mol. The number of hydrogen-bond donors (Lipinski definition) is 2. The molecule has 2 heterocycles. The topological polar surface area (TPSA) is 70.7 Å². The van der Waals surface area contributed by atoms with E-state index < -0.39 is 6.04 Å². The molecule has 0 aliphatic carbocycles. The number of nitrogens with one attached hydrogen (secondary N) is 2. The first-order chi connectivity index (χ1) is 9.24. The van der Waals surface area contributed by atoms with Gasteiger partial charge in [0.25, 0.3) is 0 Å². The van der Waals surface area contributed by atoms with E-state index in [1.54, 1.807) is 4.90 Å². The molecule has 1 aromatic rings. The third-order valence-electron chi connectivity index (χ3n) is 3.33. The van der Waals surface area contributed by atoms with Gasteiger partial charge in [0.15, 0.2) is 0 Å². The number of benzene rings is 1. The molecule has 2 N–H and O–H groups in total. The van der Waals surface area contributed by atoms with E-state index in [4.69, 9.17) is 4.74 Å². The van der Waals surface area contributed by atoms with Crippen LogP contribution in [0.4, 0.5) is 4.79 Å². The van der Waals surface area contributed by atoms with Gasteiger partial charge in [-0.2, -0.15) is 0 Å². The van der Waals surface area contributed by atoms with Crippen LogP contribution in [0.3, 0.4) is 0 Å². The van der Waals surface area contributed by atoms with Crippen LogP contribution in [-0.2, 0) is 11.3 Å². The van der Waals surface area contributed by atoms with Crippen LogP contribution in [-0.4, -0.2) is 42.6 Å². The van der Waals surface area contributed by atoms with E-state index in [0.717, 1.165) is 11.3 Å². The van der Waals surface area contributed by atoms with Crippen LogP contribution in [0.1, 0.15) is 5.56 Å². The highest BCUT2D eigenvalue weighted by molar-refractivity contribution is 5.90. The third-order valence-corrected chi connectivity index (χ3v) is 3.33. The molecule has 100 valence electrons. The molecule has 3 amide bonds. The Morgan fingerprint density at radius 3 is 3.00 bits per heavy atom. The maximum atomic E-state index is 12.3. The Kier molecular flexibility index (Phi) is 2.98. The second-order valence-electron chi connectivity index (χ2n) is 4.62. The highest BCUT2D eigenvalue weighted by atomic mass is 16.5. The SMILES string of the molecule is O=C1NCC(C(=O)N2CCOc3ccccc3C2)N1. The van der Waals surface area contributed by atoms with Crippen molar-refractivity contribution in [1.29, 1.82) is 0 Å². The molecule has 1 atom stereocenters. The fourth-order valence-corrected chi connectivity index (χ4v) is 2.34. The van der Waals surface area contributed by atoms with Gasteiger partial charge in [0.2, 0.25) is 5.91 Å². The van der Waals surface area contributed by atoms with E-state index in [2.05, 4.69) is 10.6 Å². The molecule has 1 fully saturated rings. The van der Waals surface area contributed by atoms with Crippen LogP contribution in [0.5, 0.6) is 5.75 Å². The minimum absolute atomic E-state index is 0.0707. The van der Waals surface area contributed by atoms with Crippen LogP contribution in [0.25, 0.3) is 0 Å². The van der Waals surface area contributed by atoms with E-state index >= 15 is 0 Å².